The van der Waals surface area contributed by atoms with Crippen LogP contribution in [0.3, 0.4) is 0 Å². The standard InChI is InChI=1S/C34H46FN5O5/c1-25(2)11-6-9-21-45-34(41)40(29-14-13-27(42-3)24-31(29)43-4)32-16-17-36-33(38-32)37-26-12-15-30(28(35)23-26)44-22-10-20-39-18-7-5-8-19-39/h12-17,23-25H,5-11,18-22H2,1-4H3,(H,36,37,38). The summed E-state index contributed by atoms with van der Waals surface area (Å²) in [6.07, 6.45) is 8.29. The molecule has 2 heterocycles. The van der Waals surface area contributed by atoms with Crippen LogP contribution in [0.5, 0.6) is 17.2 Å². The number of nitrogens with zero attached hydrogens (tertiary/aromatic N) is 4. The van der Waals surface area contributed by atoms with Gasteiger partial charge in [-0.15, -0.1) is 0 Å². The van der Waals surface area contributed by atoms with E-state index in [9.17, 15) is 9.18 Å². The van der Waals surface area contributed by atoms with E-state index in [0.29, 0.717) is 35.4 Å². The molecule has 1 saturated heterocycles. The normalized spacial score (nSPS) is 13.4. The summed E-state index contributed by atoms with van der Waals surface area (Å²) in [6.45, 7) is 8.26. The Morgan fingerprint density at radius 3 is 2.53 bits per heavy atom. The van der Waals surface area contributed by atoms with Crippen molar-refractivity contribution in [1.82, 2.24) is 14.9 Å². The van der Waals surface area contributed by atoms with E-state index in [0.717, 1.165) is 45.3 Å². The molecule has 0 saturated carbocycles. The second-order valence-corrected chi connectivity index (χ2v) is 11.5. The van der Waals surface area contributed by atoms with Gasteiger partial charge in [-0.2, -0.15) is 4.98 Å². The summed E-state index contributed by atoms with van der Waals surface area (Å²) in [7, 11) is 3.06. The highest BCUT2D eigenvalue weighted by atomic mass is 19.1. The maximum Gasteiger partial charge on any atom is 0.420 e. The number of hydrogen-bond donors (Lipinski definition) is 1. The molecule has 0 spiro atoms. The number of hydrogen-bond acceptors (Lipinski definition) is 9. The highest BCUT2D eigenvalue weighted by Gasteiger charge is 2.25. The maximum atomic E-state index is 14.9. The summed E-state index contributed by atoms with van der Waals surface area (Å²) >= 11 is 0. The Labute approximate surface area is 265 Å². The van der Waals surface area contributed by atoms with Crippen molar-refractivity contribution in [2.24, 2.45) is 5.92 Å². The lowest BCUT2D eigenvalue weighted by Crippen LogP contribution is -2.31. The van der Waals surface area contributed by atoms with E-state index in [1.165, 1.54) is 43.5 Å². The van der Waals surface area contributed by atoms with Crippen LogP contribution in [-0.4, -0.2) is 68.0 Å². The fourth-order valence-electron chi connectivity index (χ4n) is 5.18. The van der Waals surface area contributed by atoms with Crippen molar-refractivity contribution in [3.63, 3.8) is 0 Å². The SMILES string of the molecule is COc1ccc(N(C(=O)OCCCCC(C)C)c2ccnc(Nc3ccc(OCCCN4CCCCC4)c(F)c3)n2)c(OC)c1. The van der Waals surface area contributed by atoms with Gasteiger partial charge in [0.25, 0.3) is 0 Å². The average molecular weight is 624 g/mol. The Morgan fingerprint density at radius 1 is 0.978 bits per heavy atom. The van der Waals surface area contributed by atoms with E-state index >= 15 is 0 Å². The molecule has 1 amide bonds. The van der Waals surface area contributed by atoms with Gasteiger partial charge in [-0.05, 0) is 75.4 Å². The number of amides is 1. The van der Waals surface area contributed by atoms with Crippen LogP contribution in [0.15, 0.2) is 48.7 Å². The highest BCUT2D eigenvalue weighted by molar-refractivity contribution is 5.97. The first kappa shape index (κ1) is 33.8. The number of anilines is 4. The third kappa shape index (κ3) is 10.2. The van der Waals surface area contributed by atoms with Gasteiger partial charge in [0.2, 0.25) is 5.95 Å². The predicted molar refractivity (Wildman–Crippen MR) is 174 cm³/mol. The van der Waals surface area contributed by atoms with Crippen molar-refractivity contribution in [3.8, 4) is 17.2 Å². The van der Waals surface area contributed by atoms with Crippen LogP contribution in [0, 0.1) is 11.7 Å². The van der Waals surface area contributed by atoms with Crippen molar-refractivity contribution in [3.05, 3.63) is 54.5 Å². The van der Waals surface area contributed by atoms with Crippen LogP contribution in [0.2, 0.25) is 0 Å². The van der Waals surface area contributed by atoms with Gasteiger partial charge in [0.1, 0.15) is 17.3 Å². The minimum Gasteiger partial charge on any atom is -0.497 e. The zero-order chi connectivity index (χ0) is 32.0. The lowest BCUT2D eigenvalue weighted by molar-refractivity contribution is 0.153. The monoisotopic (exact) mass is 623 g/mol. The molecule has 1 N–H and O–H groups in total. The quantitative estimate of drug-likeness (QED) is 0.161. The lowest BCUT2D eigenvalue weighted by Gasteiger charge is -2.26. The summed E-state index contributed by atoms with van der Waals surface area (Å²) in [6, 6.07) is 11.3. The van der Waals surface area contributed by atoms with Crippen LogP contribution < -0.4 is 24.4 Å². The molecule has 4 rings (SSSR count). The number of methoxy groups -OCH3 is 2. The van der Waals surface area contributed by atoms with Gasteiger partial charge in [0, 0.05) is 36.6 Å². The number of rotatable bonds is 16. The van der Waals surface area contributed by atoms with Gasteiger partial charge in [-0.25, -0.2) is 19.1 Å². The fourth-order valence-corrected chi connectivity index (χ4v) is 5.18. The van der Waals surface area contributed by atoms with E-state index in [2.05, 4.69) is 34.0 Å². The van der Waals surface area contributed by atoms with Crippen LogP contribution in [-0.2, 0) is 4.74 Å². The summed E-state index contributed by atoms with van der Waals surface area (Å²) < 4.78 is 37.2. The topological polar surface area (TPSA) is 98.3 Å². The zero-order valence-corrected chi connectivity index (χ0v) is 26.9. The van der Waals surface area contributed by atoms with E-state index in [1.807, 2.05) is 0 Å². The summed E-state index contributed by atoms with van der Waals surface area (Å²) in [5.74, 6) is 1.68. The smallest absolute Gasteiger partial charge is 0.420 e. The first-order valence-electron chi connectivity index (χ1n) is 15.8. The minimum atomic E-state index is -0.611. The van der Waals surface area contributed by atoms with Crippen molar-refractivity contribution < 1.29 is 28.1 Å². The van der Waals surface area contributed by atoms with Crippen LogP contribution in [0.1, 0.15) is 58.8 Å². The number of benzene rings is 2. The Kier molecular flexibility index (Phi) is 13.0. The molecule has 1 aliphatic heterocycles. The first-order valence-corrected chi connectivity index (χ1v) is 15.8. The van der Waals surface area contributed by atoms with E-state index in [4.69, 9.17) is 18.9 Å². The lowest BCUT2D eigenvalue weighted by atomic mass is 10.1. The Morgan fingerprint density at radius 2 is 1.80 bits per heavy atom. The van der Waals surface area contributed by atoms with E-state index in [1.54, 1.807) is 43.5 Å². The Hall–Kier alpha value is -4.12. The number of likely N-dealkylation sites (tertiary alicyclic amines) is 1. The minimum absolute atomic E-state index is 0.171. The van der Waals surface area contributed by atoms with Crippen molar-refractivity contribution >= 4 is 29.2 Å². The molecule has 2 aromatic carbocycles. The maximum absolute atomic E-state index is 14.9. The molecular formula is C34H46FN5O5. The zero-order valence-electron chi connectivity index (χ0n) is 26.9. The molecule has 0 radical (unpaired) electrons. The number of nitrogens with one attached hydrogen (secondary N) is 1. The molecule has 45 heavy (non-hydrogen) atoms. The van der Waals surface area contributed by atoms with Gasteiger partial charge in [0.15, 0.2) is 11.6 Å². The molecule has 0 aliphatic carbocycles. The number of halogens is 1. The predicted octanol–water partition coefficient (Wildman–Crippen LogP) is 7.73. The van der Waals surface area contributed by atoms with Gasteiger partial charge >= 0.3 is 6.09 Å². The van der Waals surface area contributed by atoms with Crippen LogP contribution in [0.4, 0.5) is 32.3 Å². The summed E-state index contributed by atoms with van der Waals surface area (Å²) in [4.78, 5) is 26.1. The molecule has 0 unspecified atom stereocenters. The van der Waals surface area contributed by atoms with E-state index < -0.39 is 11.9 Å². The summed E-state index contributed by atoms with van der Waals surface area (Å²) in [5.41, 5.74) is 0.856. The number of carbonyl (C=O) groups is 1. The third-order valence-corrected chi connectivity index (χ3v) is 7.59. The number of carbonyl (C=O) groups excluding carboxylic acids is 1. The van der Waals surface area contributed by atoms with E-state index in [-0.39, 0.29) is 24.1 Å². The molecule has 244 valence electrons. The van der Waals surface area contributed by atoms with Crippen molar-refractivity contribution in [2.45, 2.75) is 58.8 Å². The molecular weight excluding hydrogens is 577 g/mol. The molecule has 3 aromatic rings. The molecule has 10 nitrogen and oxygen atoms in total. The average Bonchev–Trinajstić information content (AvgIpc) is 3.04. The number of ether oxygens (including phenoxy) is 4. The number of unbranched alkanes of at least 4 members (excludes halogenated alkanes) is 1. The molecule has 1 aromatic heterocycles. The molecule has 0 bridgehead atoms. The Bertz CT molecular complexity index is 1370. The first-order chi connectivity index (χ1) is 21.9. The van der Waals surface area contributed by atoms with Gasteiger partial charge in [0.05, 0.1) is 33.1 Å². The van der Waals surface area contributed by atoms with Gasteiger partial charge < -0.3 is 29.2 Å². The van der Waals surface area contributed by atoms with Crippen LogP contribution >= 0.6 is 0 Å². The number of aromatic nitrogens is 2. The Balaban J connectivity index is 1.46. The van der Waals surface area contributed by atoms with Gasteiger partial charge in [-0.1, -0.05) is 26.7 Å². The fraction of sp³-hybridized carbons (Fsp3) is 0.500. The highest BCUT2D eigenvalue weighted by Crippen LogP contribution is 2.37. The molecule has 1 fully saturated rings. The third-order valence-electron chi connectivity index (χ3n) is 7.59. The summed E-state index contributed by atoms with van der Waals surface area (Å²) in [5, 5.41) is 3.03. The molecule has 11 heteroatoms. The molecule has 0 atom stereocenters. The second kappa shape index (κ2) is 17.4. The largest absolute Gasteiger partial charge is 0.497 e. The number of piperidine rings is 1. The van der Waals surface area contributed by atoms with Crippen molar-refractivity contribution in [2.75, 3.05) is 57.3 Å². The second-order valence-electron chi connectivity index (χ2n) is 11.5. The molecule has 1 aliphatic rings. The van der Waals surface area contributed by atoms with Crippen molar-refractivity contribution in [1.29, 1.82) is 0 Å². The van der Waals surface area contributed by atoms with Crippen LogP contribution in [0.25, 0.3) is 0 Å². The van der Waals surface area contributed by atoms with Gasteiger partial charge in [-0.3, -0.25) is 0 Å².